The lowest BCUT2D eigenvalue weighted by Crippen LogP contribution is -2.52. The van der Waals surface area contributed by atoms with Gasteiger partial charge in [-0.3, -0.25) is 4.79 Å². The van der Waals surface area contributed by atoms with E-state index in [1.165, 1.54) is 16.2 Å². The Morgan fingerprint density at radius 3 is 2.84 bits per heavy atom. The Bertz CT molecular complexity index is 499. The number of amides is 1. The predicted molar refractivity (Wildman–Crippen MR) is 71.8 cm³/mol. The minimum atomic E-state index is -1.05. The zero-order valence-electron chi connectivity index (χ0n) is 11.0. The van der Waals surface area contributed by atoms with Crippen LogP contribution in [0.5, 0.6) is 5.75 Å². The Balaban J connectivity index is 2.29. The number of carbonyl (C=O) groups is 2. The number of thiophene rings is 1. The quantitative estimate of drug-likeness (QED) is 0.920. The lowest BCUT2D eigenvalue weighted by atomic mass is 9.93. The molecule has 1 aliphatic heterocycles. The van der Waals surface area contributed by atoms with E-state index in [-0.39, 0.29) is 5.91 Å². The molecule has 1 N–H and O–H groups in total. The van der Waals surface area contributed by atoms with Crippen molar-refractivity contribution in [1.82, 2.24) is 4.90 Å². The second-order valence-electron chi connectivity index (χ2n) is 4.60. The van der Waals surface area contributed by atoms with E-state index in [1.807, 2.05) is 6.92 Å². The van der Waals surface area contributed by atoms with E-state index in [2.05, 4.69) is 0 Å². The van der Waals surface area contributed by atoms with Gasteiger partial charge in [0.15, 0.2) is 0 Å². The molecule has 104 valence electrons. The molecule has 0 aromatic carbocycles. The largest absolute Gasteiger partial charge is 0.496 e. The molecule has 1 fully saturated rings. The molecule has 1 saturated heterocycles. The topological polar surface area (TPSA) is 66.8 Å². The molecule has 5 nitrogen and oxygen atoms in total. The second kappa shape index (κ2) is 5.21. The SMILES string of the molecule is CCC1(C(=O)O)CCCN1C(=O)c1cc(OC)cs1. The normalized spacial score (nSPS) is 22.5. The van der Waals surface area contributed by atoms with Crippen LogP contribution in [0.1, 0.15) is 35.9 Å². The minimum Gasteiger partial charge on any atom is -0.496 e. The molecule has 1 amide bonds. The number of rotatable bonds is 4. The van der Waals surface area contributed by atoms with E-state index in [0.29, 0.717) is 30.0 Å². The number of carboxylic acids is 1. The zero-order valence-corrected chi connectivity index (χ0v) is 11.8. The average molecular weight is 283 g/mol. The number of likely N-dealkylation sites (tertiary alicyclic amines) is 1. The number of ether oxygens (including phenoxy) is 1. The molecule has 19 heavy (non-hydrogen) atoms. The minimum absolute atomic E-state index is 0.213. The van der Waals surface area contributed by atoms with Crippen molar-refractivity contribution in [3.63, 3.8) is 0 Å². The van der Waals surface area contributed by atoms with Crippen LogP contribution in [0.4, 0.5) is 0 Å². The lowest BCUT2D eigenvalue weighted by molar-refractivity contribution is -0.148. The number of nitrogens with zero attached hydrogens (tertiary/aromatic N) is 1. The van der Waals surface area contributed by atoms with Crippen LogP contribution in [0.25, 0.3) is 0 Å². The molecule has 1 aliphatic rings. The summed E-state index contributed by atoms with van der Waals surface area (Å²) in [6.07, 6.45) is 1.68. The van der Waals surface area contributed by atoms with Crippen LogP contribution in [0.2, 0.25) is 0 Å². The summed E-state index contributed by atoms with van der Waals surface area (Å²) in [5, 5.41) is 11.2. The van der Waals surface area contributed by atoms with Gasteiger partial charge >= 0.3 is 5.97 Å². The van der Waals surface area contributed by atoms with Gasteiger partial charge in [-0.2, -0.15) is 0 Å². The maximum atomic E-state index is 12.5. The molecule has 6 heteroatoms. The molecule has 1 atom stereocenters. The van der Waals surface area contributed by atoms with E-state index in [1.54, 1.807) is 18.6 Å². The number of hydrogen-bond acceptors (Lipinski definition) is 4. The van der Waals surface area contributed by atoms with Crippen molar-refractivity contribution in [3.05, 3.63) is 16.3 Å². The highest BCUT2D eigenvalue weighted by molar-refractivity contribution is 7.12. The maximum absolute atomic E-state index is 12.5. The van der Waals surface area contributed by atoms with Gasteiger partial charge in [0, 0.05) is 18.0 Å². The number of hydrogen-bond donors (Lipinski definition) is 1. The predicted octanol–water partition coefficient (Wildman–Crippen LogP) is 2.23. The van der Waals surface area contributed by atoms with Gasteiger partial charge in [-0.05, 0) is 19.3 Å². The molecule has 0 spiro atoms. The summed E-state index contributed by atoms with van der Waals surface area (Å²) in [5.41, 5.74) is -1.05. The molecule has 2 rings (SSSR count). The van der Waals surface area contributed by atoms with E-state index in [0.717, 1.165) is 6.42 Å². The molecule has 2 heterocycles. The van der Waals surface area contributed by atoms with Crippen molar-refractivity contribution < 1.29 is 19.4 Å². The molecule has 0 saturated carbocycles. The first-order chi connectivity index (χ1) is 9.05. The summed E-state index contributed by atoms with van der Waals surface area (Å²) in [6, 6.07) is 1.66. The van der Waals surface area contributed by atoms with Gasteiger partial charge in [0.05, 0.1) is 12.0 Å². The fourth-order valence-corrected chi connectivity index (χ4v) is 3.39. The molecular formula is C13H17NO4S. The van der Waals surface area contributed by atoms with Crippen molar-refractivity contribution >= 4 is 23.2 Å². The van der Waals surface area contributed by atoms with Crippen LogP contribution in [0, 0.1) is 0 Å². The Hall–Kier alpha value is -1.56. The zero-order chi connectivity index (χ0) is 14.0. The van der Waals surface area contributed by atoms with E-state index in [9.17, 15) is 14.7 Å². The smallest absolute Gasteiger partial charge is 0.329 e. The number of carboxylic acid groups (broad SMARTS) is 1. The van der Waals surface area contributed by atoms with E-state index in [4.69, 9.17) is 4.74 Å². The van der Waals surface area contributed by atoms with Gasteiger partial charge in [0.1, 0.15) is 11.3 Å². The van der Waals surface area contributed by atoms with Gasteiger partial charge < -0.3 is 14.7 Å². The fourth-order valence-electron chi connectivity index (χ4n) is 2.59. The first-order valence-electron chi connectivity index (χ1n) is 6.23. The number of carbonyl (C=O) groups excluding carboxylic acids is 1. The lowest BCUT2D eigenvalue weighted by Gasteiger charge is -2.33. The van der Waals surface area contributed by atoms with E-state index >= 15 is 0 Å². The number of methoxy groups -OCH3 is 1. The molecule has 0 aliphatic carbocycles. The first-order valence-corrected chi connectivity index (χ1v) is 7.11. The van der Waals surface area contributed by atoms with Crippen molar-refractivity contribution in [2.75, 3.05) is 13.7 Å². The monoisotopic (exact) mass is 283 g/mol. The summed E-state index contributed by atoms with van der Waals surface area (Å²) in [6.45, 7) is 2.31. The molecule has 1 aromatic heterocycles. The van der Waals surface area contributed by atoms with Crippen molar-refractivity contribution in [2.24, 2.45) is 0 Å². The third-order valence-corrected chi connectivity index (χ3v) is 4.64. The first kappa shape index (κ1) is 13.9. The van der Waals surface area contributed by atoms with Crippen molar-refractivity contribution in [2.45, 2.75) is 31.7 Å². The van der Waals surface area contributed by atoms with Gasteiger partial charge in [-0.1, -0.05) is 6.92 Å². The summed E-state index contributed by atoms with van der Waals surface area (Å²) >= 11 is 1.28. The van der Waals surface area contributed by atoms with Crippen LogP contribution in [0.3, 0.4) is 0 Å². The Morgan fingerprint density at radius 2 is 2.32 bits per heavy atom. The van der Waals surface area contributed by atoms with Crippen LogP contribution in [-0.2, 0) is 4.79 Å². The summed E-state index contributed by atoms with van der Waals surface area (Å²) < 4.78 is 5.06. The highest BCUT2D eigenvalue weighted by atomic mass is 32.1. The second-order valence-corrected chi connectivity index (χ2v) is 5.51. The van der Waals surface area contributed by atoms with Gasteiger partial charge in [-0.25, -0.2) is 4.79 Å². The van der Waals surface area contributed by atoms with Crippen molar-refractivity contribution in [3.8, 4) is 5.75 Å². The Labute approximate surface area is 115 Å². The molecule has 0 radical (unpaired) electrons. The highest BCUT2D eigenvalue weighted by Gasteiger charge is 2.48. The van der Waals surface area contributed by atoms with Crippen LogP contribution in [-0.4, -0.2) is 41.1 Å². The van der Waals surface area contributed by atoms with Crippen LogP contribution in [0.15, 0.2) is 11.4 Å². The van der Waals surface area contributed by atoms with Gasteiger partial charge in [0.25, 0.3) is 5.91 Å². The summed E-state index contributed by atoms with van der Waals surface area (Å²) in [5.74, 6) is -0.496. The Kier molecular flexibility index (Phi) is 3.80. The maximum Gasteiger partial charge on any atom is 0.329 e. The standard InChI is InChI=1S/C13H17NO4S/c1-3-13(12(16)17)5-4-6-14(13)11(15)10-7-9(18-2)8-19-10/h7-8H,3-6H2,1-2H3,(H,16,17). The molecule has 1 aromatic rings. The third kappa shape index (κ3) is 2.20. The third-order valence-electron chi connectivity index (χ3n) is 3.74. The highest BCUT2D eigenvalue weighted by Crippen LogP contribution is 2.35. The van der Waals surface area contributed by atoms with Gasteiger partial charge in [-0.15, -0.1) is 11.3 Å². The van der Waals surface area contributed by atoms with Crippen LogP contribution < -0.4 is 4.74 Å². The fraction of sp³-hybridized carbons (Fsp3) is 0.538. The summed E-state index contributed by atoms with van der Waals surface area (Å²) in [4.78, 5) is 26.0. The van der Waals surface area contributed by atoms with Crippen LogP contribution >= 0.6 is 11.3 Å². The van der Waals surface area contributed by atoms with Crippen molar-refractivity contribution in [1.29, 1.82) is 0 Å². The molecular weight excluding hydrogens is 266 g/mol. The number of aliphatic carboxylic acids is 1. The Morgan fingerprint density at radius 1 is 1.58 bits per heavy atom. The van der Waals surface area contributed by atoms with E-state index < -0.39 is 11.5 Å². The molecule has 1 unspecified atom stereocenters. The molecule has 0 bridgehead atoms. The average Bonchev–Trinajstić information content (AvgIpc) is 3.04. The summed E-state index contributed by atoms with van der Waals surface area (Å²) in [7, 11) is 1.54. The van der Waals surface area contributed by atoms with Gasteiger partial charge in [0.2, 0.25) is 0 Å².